The van der Waals surface area contributed by atoms with Gasteiger partial charge in [0, 0.05) is 25.7 Å². The van der Waals surface area contributed by atoms with Gasteiger partial charge in [-0.25, -0.2) is 9.59 Å². The summed E-state index contributed by atoms with van der Waals surface area (Å²) in [6, 6.07) is 11.8. The topological polar surface area (TPSA) is 96.8 Å². The first-order valence-electron chi connectivity index (χ1n) is 7.29. The summed E-state index contributed by atoms with van der Waals surface area (Å²) >= 11 is 11.6. The third kappa shape index (κ3) is 2.23. The largest absolute Gasteiger partial charge is 0.656 e. The first-order valence-corrected chi connectivity index (χ1v) is 8.04. The molecule has 8 nitrogen and oxygen atoms in total. The van der Waals surface area contributed by atoms with Crippen molar-refractivity contribution in [1.82, 2.24) is 9.26 Å². The number of fused-ring (bicyclic) bond motifs is 1. The molecule has 0 aliphatic heterocycles. The van der Waals surface area contributed by atoms with E-state index in [0.29, 0.717) is 19.3 Å². The van der Waals surface area contributed by atoms with Crippen LogP contribution in [0.5, 0.6) is 0 Å². The van der Waals surface area contributed by atoms with Gasteiger partial charge in [0.25, 0.3) is 11.4 Å². The predicted octanol–water partition coefficient (Wildman–Crippen LogP) is 1.10. The Morgan fingerprint density at radius 1 is 0.692 bits per heavy atom. The van der Waals surface area contributed by atoms with Crippen molar-refractivity contribution in [3.05, 3.63) is 89.7 Å². The molecule has 0 saturated heterocycles. The summed E-state index contributed by atoms with van der Waals surface area (Å²) in [6.07, 6.45) is 0. The molecular formula is C16H8Cl2N4O4. The summed E-state index contributed by atoms with van der Waals surface area (Å²) < 4.78 is 0.895. The highest BCUT2D eigenvalue weighted by molar-refractivity contribution is 6.30. The van der Waals surface area contributed by atoms with Crippen LogP contribution < -0.4 is 20.8 Å². The number of benzene rings is 2. The van der Waals surface area contributed by atoms with Gasteiger partial charge in [0.1, 0.15) is 0 Å². The van der Waals surface area contributed by atoms with Crippen LogP contribution in [0.15, 0.2) is 58.1 Å². The molecule has 0 unspecified atom stereocenters. The van der Waals surface area contributed by atoms with E-state index in [2.05, 4.69) is 0 Å². The van der Waals surface area contributed by atoms with Crippen LogP contribution in [0.4, 0.5) is 0 Å². The van der Waals surface area contributed by atoms with Crippen molar-refractivity contribution in [2.75, 3.05) is 0 Å². The molecule has 0 atom stereocenters. The second-order valence-corrected chi connectivity index (χ2v) is 6.32. The zero-order chi connectivity index (χ0) is 18.6. The third-order valence-corrected chi connectivity index (χ3v) is 4.42. The highest BCUT2D eigenvalue weighted by atomic mass is 35.5. The molecule has 26 heavy (non-hydrogen) atoms. The maximum atomic E-state index is 12.6. The lowest BCUT2D eigenvalue weighted by molar-refractivity contribution is -0.853. The quantitative estimate of drug-likeness (QED) is 0.378. The first-order chi connectivity index (χ1) is 12.4. The molecule has 2 aromatic heterocycles. The fourth-order valence-electron chi connectivity index (χ4n) is 2.72. The van der Waals surface area contributed by atoms with Crippen LogP contribution in [0, 0.1) is 10.4 Å². The molecule has 4 rings (SSSR count). The average molecular weight is 391 g/mol. The van der Waals surface area contributed by atoms with Crippen molar-refractivity contribution in [3.63, 3.8) is 0 Å². The van der Waals surface area contributed by atoms with Crippen LogP contribution in [0.1, 0.15) is 0 Å². The van der Waals surface area contributed by atoms with Gasteiger partial charge >= 0.3 is 11.1 Å². The molecule has 10 heteroatoms. The van der Waals surface area contributed by atoms with E-state index < -0.39 is 11.1 Å². The number of aromatic nitrogens is 4. The van der Waals surface area contributed by atoms with Crippen molar-refractivity contribution in [3.8, 4) is 22.5 Å². The maximum absolute atomic E-state index is 12.6. The minimum Gasteiger partial charge on any atom is -0.656 e. The summed E-state index contributed by atoms with van der Waals surface area (Å²) in [5, 5.41) is 25.9. The molecule has 2 heterocycles. The summed E-state index contributed by atoms with van der Waals surface area (Å²) in [4.78, 5) is 25.4. The molecule has 0 radical (unpaired) electrons. The van der Waals surface area contributed by atoms with Gasteiger partial charge in [-0.15, -0.1) is 0 Å². The SMILES string of the molecule is O=c1c(-c2ccc(Cl)cc2)[n+]([O-])n2n1c(=O)c(-c1ccc(Cl)cc1)[n+]2[O-]. The molecule has 2 aromatic carbocycles. The molecule has 0 N–H and O–H groups in total. The van der Waals surface area contributed by atoms with Crippen LogP contribution in [-0.4, -0.2) is 9.26 Å². The fourth-order valence-corrected chi connectivity index (χ4v) is 2.97. The summed E-state index contributed by atoms with van der Waals surface area (Å²) in [5.74, 6) is 0. The van der Waals surface area contributed by atoms with Gasteiger partial charge in [0.2, 0.25) is 0 Å². The molecular weight excluding hydrogens is 383 g/mol. The average Bonchev–Trinajstić information content (AvgIpc) is 3.03. The van der Waals surface area contributed by atoms with Gasteiger partial charge in [-0.2, -0.15) is 0 Å². The summed E-state index contributed by atoms with van der Waals surface area (Å²) in [7, 11) is 0. The van der Waals surface area contributed by atoms with Crippen LogP contribution >= 0.6 is 23.2 Å². The lowest BCUT2D eigenvalue weighted by Gasteiger charge is -2.02. The molecule has 130 valence electrons. The normalized spacial score (nSPS) is 11.3. The van der Waals surface area contributed by atoms with Gasteiger partial charge in [-0.1, -0.05) is 32.9 Å². The van der Waals surface area contributed by atoms with Gasteiger partial charge < -0.3 is 10.4 Å². The van der Waals surface area contributed by atoms with Crippen LogP contribution in [0.3, 0.4) is 0 Å². The Morgan fingerprint density at radius 3 is 1.35 bits per heavy atom. The van der Waals surface area contributed by atoms with E-state index in [1.54, 1.807) is 0 Å². The Bertz CT molecular complexity index is 1150. The van der Waals surface area contributed by atoms with E-state index in [9.17, 15) is 20.0 Å². The lowest BCUT2D eigenvalue weighted by Crippen LogP contribution is -2.51. The van der Waals surface area contributed by atoms with Crippen LogP contribution in [0.2, 0.25) is 10.0 Å². The Kier molecular flexibility index (Phi) is 3.60. The van der Waals surface area contributed by atoms with E-state index in [-0.39, 0.29) is 32.2 Å². The molecule has 0 amide bonds. The van der Waals surface area contributed by atoms with E-state index in [0.717, 1.165) is 0 Å². The van der Waals surface area contributed by atoms with E-state index in [1.807, 2.05) is 0 Å². The molecule has 0 spiro atoms. The van der Waals surface area contributed by atoms with Crippen molar-refractivity contribution in [2.24, 2.45) is 0 Å². The molecule has 0 bridgehead atoms. The van der Waals surface area contributed by atoms with Crippen molar-refractivity contribution >= 4 is 23.2 Å². The van der Waals surface area contributed by atoms with E-state index in [1.165, 1.54) is 48.5 Å². The summed E-state index contributed by atoms with van der Waals surface area (Å²) in [5.41, 5.74) is -2.05. The fraction of sp³-hybridized carbons (Fsp3) is 0. The number of halogens is 2. The molecule has 0 aliphatic carbocycles. The lowest BCUT2D eigenvalue weighted by atomic mass is 10.1. The van der Waals surface area contributed by atoms with Gasteiger partial charge in [-0.3, -0.25) is 0 Å². The van der Waals surface area contributed by atoms with Gasteiger partial charge in [0.15, 0.2) is 4.74 Å². The Balaban J connectivity index is 2.03. The monoisotopic (exact) mass is 390 g/mol. The number of hydrogen-bond donors (Lipinski definition) is 0. The second-order valence-electron chi connectivity index (χ2n) is 5.45. The van der Waals surface area contributed by atoms with Crippen LogP contribution in [0.25, 0.3) is 22.5 Å². The molecule has 4 aromatic rings. The van der Waals surface area contributed by atoms with E-state index >= 15 is 0 Å². The number of nitrogens with zero attached hydrogens (tertiary/aromatic N) is 4. The van der Waals surface area contributed by atoms with Crippen molar-refractivity contribution < 1.29 is 9.69 Å². The van der Waals surface area contributed by atoms with Gasteiger partial charge in [0.05, 0.1) is 0 Å². The summed E-state index contributed by atoms with van der Waals surface area (Å²) in [6.45, 7) is 0. The molecule has 0 fully saturated rings. The minimum atomic E-state index is -0.905. The predicted molar refractivity (Wildman–Crippen MR) is 93.4 cm³/mol. The molecule has 0 saturated carbocycles. The smallest absolute Gasteiger partial charge is 0.451 e. The highest BCUT2D eigenvalue weighted by Gasteiger charge is 2.36. The maximum Gasteiger partial charge on any atom is 0.451 e. The third-order valence-electron chi connectivity index (χ3n) is 3.91. The zero-order valence-electron chi connectivity index (χ0n) is 12.8. The standard InChI is InChI=1S/C16H8Cl2N4O4/c17-11-5-1-9(2-6-11)13-15(23)19-16(24)14(21(26)22(19)20(13)25)10-3-7-12(18)8-4-10/h1-8H. The Labute approximate surface area is 154 Å². The van der Waals surface area contributed by atoms with Gasteiger partial charge in [-0.05, 0) is 48.5 Å². The van der Waals surface area contributed by atoms with Crippen molar-refractivity contribution in [2.45, 2.75) is 0 Å². The number of rotatable bonds is 2. The second kappa shape index (κ2) is 5.72. The molecule has 0 aliphatic rings. The van der Waals surface area contributed by atoms with Crippen LogP contribution in [-0.2, 0) is 0 Å². The minimum absolute atomic E-state index is 0.0827. The Morgan fingerprint density at radius 2 is 1.04 bits per heavy atom. The van der Waals surface area contributed by atoms with Crippen molar-refractivity contribution in [1.29, 1.82) is 0 Å². The first kappa shape index (κ1) is 16.4. The number of hydrogen-bond acceptors (Lipinski definition) is 4. The van der Waals surface area contributed by atoms with E-state index in [4.69, 9.17) is 23.2 Å². The Hall–Kier alpha value is -3.10. The zero-order valence-corrected chi connectivity index (χ0v) is 14.3. The highest BCUT2D eigenvalue weighted by Crippen LogP contribution is 2.17.